The molecule has 0 radical (unpaired) electrons. The maximum Gasteiger partial charge on any atom is 0.0873 e. The Morgan fingerprint density at radius 1 is 1.60 bits per heavy atom. The van der Waals surface area contributed by atoms with Gasteiger partial charge in [0.25, 0.3) is 0 Å². The molecule has 1 unspecified atom stereocenters. The smallest absolute Gasteiger partial charge is 0.0873 e. The van der Waals surface area contributed by atoms with Crippen molar-refractivity contribution in [1.29, 1.82) is 0 Å². The minimum Gasteiger partial charge on any atom is -0.396 e. The van der Waals surface area contributed by atoms with E-state index in [2.05, 4.69) is 0 Å². The van der Waals surface area contributed by atoms with Gasteiger partial charge in [-0.15, -0.1) is 0 Å². The molecular formula is C7H14O3. The first-order valence-corrected chi connectivity index (χ1v) is 3.70. The van der Waals surface area contributed by atoms with Crippen LogP contribution in [0.2, 0.25) is 0 Å². The summed E-state index contributed by atoms with van der Waals surface area (Å²) in [6.07, 6.45) is 0.296. The van der Waals surface area contributed by atoms with Crippen LogP contribution >= 0.6 is 0 Å². The van der Waals surface area contributed by atoms with Gasteiger partial charge in [0.2, 0.25) is 0 Å². The fourth-order valence-electron chi connectivity index (χ4n) is 1.27. The number of aliphatic hydroxyl groups is 2. The standard InChI is InChI=1S/C7H14O3/c1-2-6-7(9)5(3-8)4-10-6/h5-9H,2-4H2,1H3/t5?,6-,7+/m0/s1. The largest absolute Gasteiger partial charge is 0.396 e. The van der Waals surface area contributed by atoms with E-state index in [1.807, 2.05) is 6.92 Å². The van der Waals surface area contributed by atoms with Crippen LogP contribution in [0.3, 0.4) is 0 Å². The molecule has 0 aromatic heterocycles. The van der Waals surface area contributed by atoms with E-state index in [0.29, 0.717) is 6.61 Å². The van der Waals surface area contributed by atoms with Crippen molar-refractivity contribution < 1.29 is 14.9 Å². The molecule has 0 saturated carbocycles. The average Bonchev–Trinajstić information content (AvgIpc) is 2.30. The molecule has 3 nitrogen and oxygen atoms in total. The Labute approximate surface area is 60.6 Å². The molecule has 1 fully saturated rings. The van der Waals surface area contributed by atoms with Crippen molar-refractivity contribution in [3.05, 3.63) is 0 Å². The topological polar surface area (TPSA) is 49.7 Å². The van der Waals surface area contributed by atoms with Gasteiger partial charge < -0.3 is 14.9 Å². The molecule has 3 heteroatoms. The van der Waals surface area contributed by atoms with Crippen LogP contribution in [0.25, 0.3) is 0 Å². The fourth-order valence-corrected chi connectivity index (χ4v) is 1.27. The van der Waals surface area contributed by atoms with E-state index in [-0.39, 0.29) is 18.6 Å². The highest BCUT2D eigenvalue weighted by Gasteiger charge is 2.33. The Morgan fingerprint density at radius 2 is 2.30 bits per heavy atom. The van der Waals surface area contributed by atoms with Crippen LogP contribution in [0, 0.1) is 5.92 Å². The predicted octanol–water partition coefficient (Wildman–Crippen LogP) is -0.235. The molecule has 0 spiro atoms. The Hall–Kier alpha value is -0.120. The highest BCUT2D eigenvalue weighted by Crippen LogP contribution is 2.21. The number of ether oxygens (including phenoxy) is 1. The fraction of sp³-hybridized carbons (Fsp3) is 1.00. The second-order valence-electron chi connectivity index (χ2n) is 2.71. The predicted molar refractivity (Wildman–Crippen MR) is 36.6 cm³/mol. The lowest BCUT2D eigenvalue weighted by molar-refractivity contribution is 0.0333. The van der Waals surface area contributed by atoms with Crippen LogP contribution in [0.15, 0.2) is 0 Å². The lowest BCUT2D eigenvalue weighted by atomic mass is 10.0. The second-order valence-corrected chi connectivity index (χ2v) is 2.71. The van der Waals surface area contributed by atoms with Gasteiger partial charge in [-0.1, -0.05) is 6.92 Å². The molecule has 0 aromatic rings. The number of aliphatic hydroxyl groups excluding tert-OH is 2. The first kappa shape index (κ1) is 7.98. The molecule has 0 aliphatic carbocycles. The van der Waals surface area contributed by atoms with Crippen molar-refractivity contribution in [3.63, 3.8) is 0 Å². The average molecular weight is 146 g/mol. The van der Waals surface area contributed by atoms with Gasteiger partial charge in [0, 0.05) is 5.92 Å². The summed E-state index contributed by atoms with van der Waals surface area (Å²) in [5.41, 5.74) is 0. The van der Waals surface area contributed by atoms with Gasteiger partial charge in [-0.3, -0.25) is 0 Å². The molecule has 1 aliphatic heterocycles. The van der Waals surface area contributed by atoms with Crippen molar-refractivity contribution in [2.75, 3.05) is 13.2 Å². The minimum absolute atomic E-state index is 0.0255. The molecule has 1 aliphatic rings. The Bertz CT molecular complexity index is 93.0. The number of rotatable bonds is 2. The van der Waals surface area contributed by atoms with Gasteiger partial charge in [-0.05, 0) is 6.42 Å². The third-order valence-electron chi connectivity index (χ3n) is 2.03. The lowest BCUT2D eigenvalue weighted by Gasteiger charge is -2.13. The summed E-state index contributed by atoms with van der Waals surface area (Å²) in [4.78, 5) is 0. The minimum atomic E-state index is -0.463. The Kier molecular flexibility index (Phi) is 2.65. The van der Waals surface area contributed by atoms with Crippen LogP contribution in [0.5, 0.6) is 0 Å². The molecule has 0 aromatic carbocycles. The van der Waals surface area contributed by atoms with Gasteiger partial charge >= 0.3 is 0 Å². The summed E-state index contributed by atoms with van der Waals surface area (Å²) in [6.45, 7) is 2.49. The van der Waals surface area contributed by atoms with Gasteiger partial charge in [-0.2, -0.15) is 0 Å². The molecule has 1 heterocycles. The molecule has 0 amide bonds. The first-order chi connectivity index (χ1) is 4.79. The lowest BCUT2D eigenvalue weighted by Crippen LogP contribution is -2.27. The molecule has 60 valence electrons. The van der Waals surface area contributed by atoms with Crippen LogP contribution in [-0.2, 0) is 4.74 Å². The quantitative estimate of drug-likeness (QED) is 0.565. The zero-order valence-electron chi connectivity index (χ0n) is 6.16. The van der Waals surface area contributed by atoms with Gasteiger partial charge in [-0.25, -0.2) is 0 Å². The highest BCUT2D eigenvalue weighted by molar-refractivity contribution is 4.81. The number of hydrogen-bond donors (Lipinski definition) is 2. The van der Waals surface area contributed by atoms with Crippen molar-refractivity contribution >= 4 is 0 Å². The van der Waals surface area contributed by atoms with Crippen molar-refractivity contribution in [2.45, 2.75) is 25.6 Å². The van der Waals surface area contributed by atoms with Crippen molar-refractivity contribution in [1.82, 2.24) is 0 Å². The van der Waals surface area contributed by atoms with Crippen LogP contribution in [0.4, 0.5) is 0 Å². The maximum absolute atomic E-state index is 9.36. The molecule has 10 heavy (non-hydrogen) atoms. The van der Waals surface area contributed by atoms with E-state index in [1.54, 1.807) is 0 Å². The third-order valence-corrected chi connectivity index (χ3v) is 2.03. The van der Waals surface area contributed by atoms with E-state index in [0.717, 1.165) is 6.42 Å². The molecular weight excluding hydrogens is 132 g/mol. The van der Waals surface area contributed by atoms with E-state index in [9.17, 15) is 5.11 Å². The van der Waals surface area contributed by atoms with Gasteiger partial charge in [0.1, 0.15) is 0 Å². The molecule has 3 atom stereocenters. The van der Waals surface area contributed by atoms with E-state index >= 15 is 0 Å². The summed E-state index contributed by atoms with van der Waals surface area (Å²) in [6, 6.07) is 0. The summed E-state index contributed by atoms with van der Waals surface area (Å²) >= 11 is 0. The molecule has 1 rings (SSSR count). The van der Waals surface area contributed by atoms with Crippen LogP contribution < -0.4 is 0 Å². The van der Waals surface area contributed by atoms with Crippen LogP contribution in [0.1, 0.15) is 13.3 Å². The van der Waals surface area contributed by atoms with Gasteiger partial charge in [0.15, 0.2) is 0 Å². The van der Waals surface area contributed by atoms with E-state index < -0.39 is 6.10 Å². The summed E-state index contributed by atoms with van der Waals surface area (Å²) < 4.78 is 5.21. The maximum atomic E-state index is 9.36. The monoisotopic (exact) mass is 146 g/mol. The van der Waals surface area contributed by atoms with Crippen molar-refractivity contribution in [3.8, 4) is 0 Å². The van der Waals surface area contributed by atoms with Crippen molar-refractivity contribution in [2.24, 2.45) is 5.92 Å². The van der Waals surface area contributed by atoms with E-state index in [1.165, 1.54) is 0 Å². The third kappa shape index (κ3) is 1.31. The Morgan fingerprint density at radius 3 is 2.60 bits per heavy atom. The van der Waals surface area contributed by atoms with Crippen LogP contribution in [-0.4, -0.2) is 35.6 Å². The van der Waals surface area contributed by atoms with E-state index in [4.69, 9.17) is 9.84 Å². The molecule has 1 saturated heterocycles. The molecule has 0 bridgehead atoms. The first-order valence-electron chi connectivity index (χ1n) is 3.70. The summed E-state index contributed by atoms with van der Waals surface area (Å²) in [7, 11) is 0. The summed E-state index contributed by atoms with van der Waals surface area (Å²) in [5.74, 6) is -0.0649. The Balaban J connectivity index is 2.41. The second kappa shape index (κ2) is 3.32. The zero-order chi connectivity index (χ0) is 7.56. The zero-order valence-corrected chi connectivity index (χ0v) is 6.16. The summed E-state index contributed by atoms with van der Waals surface area (Å²) in [5, 5.41) is 18.1. The number of hydrogen-bond acceptors (Lipinski definition) is 3. The SMILES string of the molecule is CC[C@@H]1OCC(CO)[C@H]1O. The highest BCUT2D eigenvalue weighted by atomic mass is 16.5. The van der Waals surface area contributed by atoms with Gasteiger partial charge in [0.05, 0.1) is 25.4 Å². The normalized spacial score (nSPS) is 40.5. The molecule has 2 N–H and O–H groups in total.